The Kier molecular flexibility index (Phi) is 5.05. The van der Waals surface area contributed by atoms with E-state index in [4.69, 9.17) is 9.15 Å². The third-order valence-electron chi connectivity index (χ3n) is 5.37. The van der Waals surface area contributed by atoms with Crippen LogP contribution in [0.1, 0.15) is 10.6 Å². The van der Waals surface area contributed by atoms with Crippen molar-refractivity contribution in [2.75, 3.05) is 38.2 Å². The molecule has 4 heterocycles. The number of carbonyl (C=O) groups excluding carboxylic acids is 1. The molecule has 1 aromatic carbocycles. The molecule has 0 bridgehead atoms. The molecule has 0 radical (unpaired) electrons. The number of fused-ring (bicyclic) bond motifs is 1. The van der Waals surface area contributed by atoms with Crippen molar-refractivity contribution in [1.82, 2.24) is 29.9 Å². The largest absolute Gasteiger partial charge is 0.497 e. The number of ether oxygens (including phenoxy) is 1. The summed E-state index contributed by atoms with van der Waals surface area (Å²) in [5.74, 6) is 0.405. The van der Waals surface area contributed by atoms with Crippen LogP contribution in [0.2, 0.25) is 0 Å². The molecule has 0 aliphatic carbocycles. The highest BCUT2D eigenvalue weighted by atomic mass is 16.6. The lowest BCUT2D eigenvalue weighted by Crippen LogP contribution is -2.49. The number of furan rings is 1. The van der Waals surface area contributed by atoms with Gasteiger partial charge in [-0.3, -0.25) is 14.9 Å². The van der Waals surface area contributed by atoms with Crippen LogP contribution < -0.4 is 9.64 Å². The van der Waals surface area contributed by atoms with E-state index in [1.807, 2.05) is 29.2 Å². The molecule has 168 valence electrons. The molecule has 5 rings (SSSR count). The second-order valence-electron chi connectivity index (χ2n) is 7.25. The number of hydrogen-bond donors (Lipinski definition) is 0. The van der Waals surface area contributed by atoms with Crippen LogP contribution in [0.25, 0.3) is 16.9 Å². The molecule has 1 amide bonds. The molecule has 0 N–H and O–H groups in total. The maximum absolute atomic E-state index is 12.6. The fourth-order valence-corrected chi connectivity index (χ4v) is 3.70. The van der Waals surface area contributed by atoms with E-state index >= 15 is 0 Å². The van der Waals surface area contributed by atoms with E-state index in [1.54, 1.807) is 16.7 Å². The number of rotatable bonds is 5. The Hall–Kier alpha value is -4.55. The number of nitro groups is 1. The maximum atomic E-state index is 12.6. The van der Waals surface area contributed by atoms with Crippen LogP contribution in [0.15, 0.2) is 47.1 Å². The van der Waals surface area contributed by atoms with E-state index in [-0.39, 0.29) is 11.7 Å². The highest BCUT2D eigenvalue weighted by molar-refractivity contribution is 5.92. The molecule has 0 unspecified atom stereocenters. The second-order valence-corrected chi connectivity index (χ2v) is 7.25. The summed E-state index contributed by atoms with van der Waals surface area (Å²) in [5.41, 5.74) is 1.85. The first kappa shape index (κ1) is 20.4. The second kappa shape index (κ2) is 8.18. The van der Waals surface area contributed by atoms with Crippen LogP contribution >= 0.6 is 0 Å². The van der Waals surface area contributed by atoms with Gasteiger partial charge in [-0.25, -0.2) is 9.97 Å². The molecule has 33 heavy (non-hydrogen) atoms. The molecular formula is C20H18N8O5. The Morgan fingerprint density at radius 3 is 2.70 bits per heavy atom. The van der Waals surface area contributed by atoms with Crippen LogP contribution in [-0.2, 0) is 0 Å². The number of aromatic nitrogens is 5. The monoisotopic (exact) mass is 450 g/mol. The molecule has 1 fully saturated rings. The SMILES string of the molecule is COc1cccc(-n2nnc3c(N4CCN(C(=O)c5ccc([N+](=O)[O-])o5)CC4)ncnc32)c1. The van der Waals surface area contributed by atoms with Gasteiger partial charge < -0.3 is 19.0 Å². The summed E-state index contributed by atoms with van der Waals surface area (Å²) in [6, 6.07) is 9.89. The number of hydrogen-bond acceptors (Lipinski definition) is 10. The van der Waals surface area contributed by atoms with E-state index in [0.29, 0.717) is 48.9 Å². The Morgan fingerprint density at radius 2 is 1.97 bits per heavy atom. The Bertz CT molecular complexity index is 1340. The number of benzene rings is 1. The van der Waals surface area contributed by atoms with Crippen LogP contribution in [-0.4, -0.2) is 74.0 Å². The van der Waals surface area contributed by atoms with E-state index in [0.717, 1.165) is 5.69 Å². The number of nitrogens with zero attached hydrogens (tertiary/aromatic N) is 8. The van der Waals surface area contributed by atoms with Gasteiger partial charge in [0.2, 0.25) is 0 Å². The minimum atomic E-state index is -0.673. The molecule has 1 aliphatic rings. The first-order valence-electron chi connectivity index (χ1n) is 10.0. The van der Waals surface area contributed by atoms with Gasteiger partial charge in [0.15, 0.2) is 22.7 Å². The number of methoxy groups -OCH3 is 1. The molecule has 0 saturated carbocycles. The summed E-state index contributed by atoms with van der Waals surface area (Å²) in [4.78, 5) is 35.1. The van der Waals surface area contributed by atoms with Crippen molar-refractivity contribution in [2.24, 2.45) is 0 Å². The molecule has 1 aliphatic heterocycles. The van der Waals surface area contributed by atoms with Crippen LogP contribution in [0.4, 0.5) is 11.7 Å². The van der Waals surface area contributed by atoms with Crippen molar-refractivity contribution in [3.05, 3.63) is 58.6 Å². The van der Waals surface area contributed by atoms with E-state index < -0.39 is 10.8 Å². The minimum absolute atomic E-state index is 0.0548. The maximum Gasteiger partial charge on any atom is 0.433 e. The lowest BCUT2D eigenvalue weighted by Gasteiger charge is -2.34. The van der Waals surface area contributed by atoms with Gasteiger partial charge in [-0.15, -0.1) is 5.10 Å². The van der Waals surface area contributed by atoms with Gasteiger partial charge in [0.1, 0.15) is 17.0 Å². The quantitative estimate of drug-likeness (QED) is 0.325. The first-order chi connectivity index (χ1) is 16.0. The number of amides is 1. The van der Waals surface area contributed by atoms with Crippen molar-refractivity contribution in [2.45, 2.75) is 0 Å². The van der Waals surface area contributed by atoms with Crippen molar-refractivity contribution >= 4 is 28.8 Å². The number of carbonyl (C=O) groups is 1. The van der Waals surface area contributed by atoms with Crippen LogP contribution in [0, 0.1) is 10.1 Å². The van der Waals surface area contributed by atoms with E-state index in [1.165, 1.54) is 18.5 Å². The Morgan fingerprint density at radius 1 is 1.15 bits per heavy atom. The molecule has 4 aromatic rings. The molecule has 1 saturated heterocycles. The van der Waals surface area contributed by atoms with Gasteiger partial charge in [-0.05, 0) is 18.2 Å². The lowest BCUT2D eigenvalue weighted by atomic mass is 10.2. The van der Waals surface area contributed by atoms with Crippen molar-refractivity contribution in [3.63, 3.8) is 0 Å². The summed E-state index contributed by atoms with van der Waals surface area (Å²) in [6.07, 6.45) is 1.46. The molecule has 0 atom stereocenters. The fourth-order valence-electron chi connectivity index (χ4n) is 3.70. The van der Waals surface area contributed by atoms with Gasteiger partial charge in [-0.1, -0.05) is 11.3 Å². The molecule has 13 heteroatoms. The topological polar surface area (TPSA) is 146 Å². The summed E-state index contributed by atoms with van der Waals surface area (Å²) in [6.45, 7) is 1.77. The predicted octanol–water partition coefficient (Wildman–Crippen LogP) is 1.68. The Labute approximate surface area is 186 Å². The van der Waals surface area contributed by atoms with Gasteiger partial charge in [-0.2, -0.15) is 4.68 Å². The molecular weight excluding hydrogens is 432 g/mol. The molecule has 0 spiro atoms. The van der Waals surface area contributed by atoms with Crippen molar-refractivity contribution in [3.8, 4) is 11.4 Å². The lowest BCUT2D eigenvalue weighted by molar-refractivity contribution is -0.402. The highest BCUT2D eigenvalue weighted by Crippen LogP contribution is 2.25. The van der Waals surface area contributed by atoms with E-state index in [2.05, 4.69) is 20.3 Å². The number of piperazine rings is 1. The third-order valence-corrected chi connectivity index (χ3v) is 5.37. The fraction of sp³-hybridized carbons (Fsp3) is 0.250. The smallest absolute Gasteiger partial charge is 0.433 e. The number of anilines is 1. The zero-order valence-electron chi connectivity index (χ0n) is 17.5. The summed E-state index contributed by atoms with van der Waals surface area (Å²) < 4.78 is 11.9. The average molecular weight is 450 g/mol. The Balaban J connectivity index is 1.35. The average Bonchev–Trinajstić information content (AvgIpc) is 3.51. The first-order valence-corrected chi connectivity index (χ1v) is 10.0. The molecule has 13 nitrogen and oxygen atoms in total. The zero-order valence-corrected chi connectivity index (χ0v) is 17.5. The van der Waals surface area contributed by atoms with Gasteiger partial charge in [0.25, 0.3) is 5.91 Å². The molecule has 3 aromatic heterocycles. The van der Waals surface area contributed by atoms with Crippen molar-refractivity contribution in [1.29, 1.82) is 0 Å². The minimum Gasteiger partial charge on any atom is -0.497 e. The third kappa shape index (κ3) is 3.69. The van der Waals surface area contributed by atoms with Gasteiger partial charge >= 0.3 is 5.88 Å². The van der Waals surface area contributed by atoms with E-state index in [9.17, 15) is 14.9 Å². The summed E-state index contributed by atoms with van der Waals surface area (Å²) in [7, 11) is 1.59. The van der Waals surface area contributed by atoms with Gasteiger partial charge in [0, 0.05) is 32.2 Å². The highest BCUT2D eigenvalue weighted by Gasteiger charge is 2.28. The summed E-state index contributed by atoms with van der Waals surface area (Å²) >= 11 is 0. The van der Waals surface area contributed by atoms with Crippen LogP contribution in [0.3, 0.4) is 0 Å². The predicted molar refractivity (Wildman–Crippen MR) is 114 cm³/mol. The zero-order chi connectivity index (χ0) is 22.9. The standard InChI is InChI=1S/C20H18N8O5/c1-32-14-4-2-3-13(11-14)27-19-17(23-24-27)18(21-12-22-19)25-7-9-26(10-8-25)20(29)15-5-6-16(33-15)28(30)31/h2-6,11-12H,7-10H2,1H3. The van der Waals surface area contributed by atoms with Crippen molar-refractivity contribution < 1.29 is 18.9 Å². The van der Waals surface area contributed by atoms with Gasteiger partial charge in [0.05, 0.1) is 18.9 Å². The normalized spacial score (nSPS) is 14.0. The summed E-state index contributed by atoms with van der Waals surface area (Å²) in [5, 5.41) is 19.3. The van der Waals surface area contributed by atoms with Crippen LogP contribution in [0.5, 0.6) is 5.75 Å².